The third kappa shape index (κ3) is 6.41. The number of allylic oxidation sites excluding steroid dienone is 1. The number of ether oxygens (including phenoxy) is 1. The molecule has 1 rings (SSSR count). The molecule has 0 aromatic rings. The van der Waals surface area contributed by atoms with Gasteiger partial charge >= 0.3 is 5.97 Å². The maximum absolute atomic E-state index is 11.8. The zero-order valence-electron chi connectivity index (χ0n) is 12.4. The Bertz CT molecular complexity index is 366. The predicted molar refractivity (Wildman–Crippen MR) is 74.6 cm³/mol. The second-order valence-corrected chi connectivity index (χ2v) is 6.11. The van der Waals surface area contributed by atoms with E-state index in [0.29, 0.717) is 6.42 Å². The van der Waals surface area contributed by atoms with Crippen LogP contribution in [0.5, 0.6) is 0 Å². The topological polar surface area (TPSA) is 55.4 Å². The fourth-order valence-electron chi connectivity index (χ4n) is 2.01. The Hall–Kier alpha value is -1.32. The summed E-state index contributed by atoms with van der Waals surface area (Å²) in [5.41, 5.74) is 0.655. The van der Waals surface area contributed by atoms with Gasteiger partial charge in [-0.1, -0.05) is 11.6 Å². The molecule has 0 aromatic carbocycles. The smallest absolute Gasteiger partial charge is 0.328 e. The Morgan fingerprint density at radius 3 is 2.58 bits per heavy atom. The molecule has 0 spiro atoms. The van der Waals surface area contributed by atoms with Crippen molar-refractivity contribution >= 4 is 11.9 Å². The van der Waals surface area contributed by atoms with Crippen molar-refractivity contribution in [3.05, 3.63) is 11.6 Å². The van der Waals surface area contributed by atoms with Crippen molar-refractivity contribution in [2.45, 2.75) is 71.4 Å². The molecule has 1 aliphatic carbocycles. The molecule has 1 N–H and O–H groups in total. The maximum atomic E-state index is 11.8. The molecule has 0 aliphatic heterocycles. The van der Waals surface area contributed by atoms with Crippen LogP contribution in [-0.2, 0) is 14.3 Å². The number of carbonyl (C=O) groups excluding carboxylic acids is 2. The van der Waals surface area contributed by atoms with E-state index in [0.717, 1.165) is 19.3 Å². The zero-order chi connectivity index (χ0) is 14.5. The summed E-state index contributed by atoms with van der Waals surface area (Å²) in [6, 6.07) is -0.601. The average Bonchev–Trinajstić information content (AvgIpc) is 2.27. The summed E-state index contributed by atoms with van der Waals surface area (Å²) in [6.45, 7) is 7.09. The predicted octanol–water partition coefficient (Wildman–Crippen LogP) is 2.72. The fourth-order valence-corrected chi connectivity index (χ4v) is 2.01. The molecule has 1 atom stereocenters. The van der Waals surface area contributed by atoms with Crippen molar-refractivity contribution in [2.24, 2.45) is 0 Å². The van der Waals surface area contributed by atoms with Gasteiger partial charge in [-0.3, -0.25) is 4.79 Å². The molecule has 0 radical (unpaired) electrons. The molecule has 0 saturated heterocycles. The Morgan fingerprint density at radius 1 is 1.37 bits per heavy atom. The number of hydrogen-bond acceptors (Lipinski definition) is 3. The SMILES string of the molecule is C[C@H](NC(=O)CC1=CCCCC1)C(=O)OC(C)(C)C. The van der Waals surface area contributed by atoms with Crippen molar-refractivity contribution in [1.29, 1.82) is 0 Å². The minimum Gasteiger partial charge on any atom is -0.458 e. The molecule has 0 bridgehead atoms. The quantitative estimate of drug-likeness (QED) is 0.629. The number of carbonyl (C=O) groups is 2. The summed E-state index contributed by atoms with van der Waals surface area (Å²) in [5.74, 6) is -0.495. The summed E-state index contributed by atoms with van der Waals surface area (Å²) < 4.78 is 5.22. The molecular weight excluding hydrogens is 242 g/mol. The molecule has 0 aromatic heterocycles. The van der Waals surface area contributed by atoms with Crippen LogP contribution >= 0.6 is 0 Å². The molecule has 1 amide bonds. The fraction of sp³-hybridized carbons (Fsp3) is 0.733. The lowest BCUT2D eigenvalue weighted by molar-refractivity contribution is -0.158. The Labute approximate surface area is 115 Å². The molecule has 0 unspecified atom stereocenters. The number of hydrogen-bond donors (Lipinski definition) is 1. The Morgan fingerprint density at radius 2 is 2.05 bits per heavy atom. The first-order chi connectivity index (χ1) is 8.78. The molecule has 108 valence electrons. The lowest BCUT2D eigenvalue weighted by Gasteiger charge is -2.23. The lowest BCUT2D eigenvalue weighted by atomic mass is 9.97. The molecule has 0 saturated carbocycles. The Kier molecular flexibility index (Phi) is 5.58. The monoisotopic (exact) mass is 267 g/mol. The highest BCUT2D eigenvalue weighted by Gasteiger charge is 2.23. The van der Waals surface area contributed by atoms with E-state index in [9.17, 15) is 9.59 Å². The summed E-state index contributed by atoms with van der Waals surface area (Å²) in [4.78, 5) is 23.6. The van der Waals surface area contributed by atoms with E-state index in [4.69, 9.17) is 4.74 Å². The normalized spacial score (nSPS) is 17.4. The number of esters is 1. The number of rotatable bonds is 4. The van der Waals surface area contributed by atoms with Crippen LogP contribution in [0.2, 0.25) is 0 Å². The second kappa shape index (κ2) is 6.73. The van der Waals surface area contributed by atoms with Crippen LogP contribution in [-0.4, -0.2) is 23.5 Å². The molecule has 4 nitrogen and oxygen atoms in total. The van der Waals surface area contributed by atoms with Crippen LogP contribution in [0.1, 0.15) is 59.8 Å². The van der Waals surface area contributed by atoms with Gasteiger partial charge in [-0.05, 0) is 53.4 Å². The van der Waals surface area contributed by atoms with Gasteiger partial charge in [0.25, 0.3) is 0 Å². The van der Waals surface area contributed by atoms with Gasteiger partial charge in [0.1, 0.15) is 11.6 Å². The first-order valence-electron chi connectivity index (χ1n) is 6.98. The zero-order valence-corrected chi connectivity index (χ0v) is 12.4. The van der Waals surface area contributed by atoms with E-state index >= 15 is 0 Å². The number of amides is 1. The van der Waals surface area contributed by atoms with Gasteiger partial charge in [-0.2, -0.15) is 0 Å². The summed E-state index contributed by atoms with van der Waals surface area (Å²) in [6.07, 6.45) is 6.95. The standard InChI is InChI=1S/C15H25NO3/c1-11(14(18)19-15(2,3)4)16-13(17)10-12-8-6-5-7-9-12/h8,11H,5-7,9-10H2,1-4H3,(H,16,17)/t11-/m0/s1. The van der Waals surface area contributed by atoms with Crippen LogP contribution in [0.15, 0.2) is 11.6 Å². The lowest BCUT2D eigenvalue weighted by Crippen LogP contribution is -2.42. The molecule has 1 aliphatic rings. The van der Waals surface area contributed by atoms with Gasteiger partial charge in [0.2, 0.25) is 5.91 Å². The minimum atomic E-state index is -0.601. The summed E-state index contributed by atoms with van der Waals surface area (Å²) >= 11 is 0. The van der Waals surface area contributed by atoms with Crippen molar-refractivity contribution in [3.63, 3.8) is 0 Å². The van der Waals surface area contributed by atoms with Gasteiger partial charge in [0.05, 0.1) is 0 Å². The van der Waals surface area contributed by atoms with Gasteiger partial charge in [-0.25, -0.2) is 4.79 Å². The van der Waals surface area contributed by atoms with E-state index in [1.807, 2.05) is 20.8 Å². The maximum Gasteiger partial charge on any atom is 0.328 e. The third-order valence-corrected chi connectivity index (χ3v) is 2.91. The second-order valence-electron chi connectivity index (χ2n) is 6.11. The number of nitrogens with one attached hydrogen (secondary N) is 1. The highest BCUT2D eigenvalue weighted by molar-refractivity contribution is 5.85. The highest BCUT2D eigenvalue weighted by atomic mass is 16.6. The van der Waals surface area contributed by atoms with Crippen molar-refractivity contribution in [2.75, 3.05) is 0 Å². The third-order valence-electron chi connectivity index (χ3n) is 2.91. The first-order valence-corrected chi connectivity index (χ1v) is 6.98. The summed E-state index contributed by atoms with van der Waals surface area (Å²) in [5, 5.41) is 2.70. The van der Waals surface area contributed by atoms with E-state index in [1.165, 1.54) is 12.0 Å². The molecule has 19 heavy (non-hydrogen) atoms. The van der Waals surface area contributed by atoms with Crippen LogP contribution in [0.3, 0.4) is 0 Å². The highest BCUT2D eigenvalue weighted by Crippen LogP contribution is 2.19. The van der Waals surface area contributed by atoms with E-state index in [1.54, 1.807) is 6.92 Å². The van der Waals surface area contributed by atoms with Crippen molar-refractivity contribution in [3.8, 4) is 0 Å². The van der Waals surface area contributed by atoms with Crippen molar-refractivity contribution < 1.29 is 14.3 Å². The van der Waals surface area contributed by atoms with Gasteiger partial charge in [-0.15, -0.1) is 0 Å². The first kappa shape index (κ1) is 15.7. The van der Waals surface area contributed by atoms with E-state index in [2.05, 4.69) is 11.4 Å². The van der Waals surface area contributed by atoms with Gasteiger partial charge < -0.3 is 10.1 Å². The van der Waals surface area contributed by atoms with Gasteiger partial charge in [0.15, 0.2) is 0 Å². The van der Waals surface area contributed by atoms with Crippen LogP contribution in [0.25, 0.3) is 0 Å². The van der Waals surface area contributed by atoms with Crippen LogP contribution in [0.4, 0.5) is 0 Å². The summed E-state index contributed by atoms with van der Waals surface area (Å²) in [7, 11) is 0. The molecule has 4 heteroatoms. The molecule has 0 fully saturated rings. The van der Waals surface area contributed by atoms with Crippen LogP contribution in [0, 0.1) is 0 Å². The van der Waals surface area contributed by atoms with Gasteiger partial charge in [0, 0.05) is 6.42 Å². The average molecular weight is 267 g/mol. The van der Waals surface area contributed by atoms with E-state index in [-0.39, 0.29) is 5.91 Å². The van der Waals surface area contributed by atoms with Crippen molar-refractivity contribution in [1.82, 2.24) is 5.32 Å². The largest absolute Gasteiger partial charge is 0.458 e. The molecular formula is C15H25NO3. The van der Waals surface area contributed by atoms with E-state index < -0.39 is 17.6 Å². The molecule has 0 heterocycles. The Balaban J connectivity index is 2.39. The van der Waals surface area contributed by atoms with Crippen LogP contribution < -0.4 is 5.32 Å². The minimum absolute atomic E-state index is 0.105.